The third-order valence-corrected chi connectivity index (χ3v) is 3.63. The second kappa shape index (κ2) is 3.83. The number of hydrogen-bond donors (Lipinski definition) is 0. The van der Waals surface area contributed by atoms with Crippen LogP contribution in [0.25, 0.3) is 22.1 Å². The molecule has 0 saturated carbocycles. The molecule has 19 heavy (non-hydrogen) atoms. The largest absolute Gasteiger partial charge is 0.438 e. The molecule has 0 N–H and O–H groups in total. The normalized spacial score (nSPS) is 12.5. The summed E-state index contributed by atoms with van der Waals surface area (Å²) in [5.41, 5.74) is 5.43. The van der Waals surface area contributed by atoms with Crippen LogP contribution in [0.1, 0.15) is 37.6 Å². The van der Waals surface area contributed by atoms with Crippen LogP contribution < -0.4 is 0 Å². The van der Waals surface area contributed by atoms with Gasteiger partial charge < -0.3 is 4.42 Å². The predicted octanol–water partition coefficient (Wildman–Crippen LogP) is 4.90. The van der Waals surface area contributed by atoms with Crippen LogP contribution in [0.3, 0.4) is 0 Å². The molecule has 0 bridgehead atoms. The Bertz CT molecular complexity index is 775. The lowest BCUT2D eigenvalue weighted by molar-refractivity contribution is 0.586. The van der Waals surface area contributed by atoms with Gasteiger partial charge in [0.25, 0.3) is 0 Å². The Morgan fingerprint density at radius 3 is 2.42 bits per heavy atom. The molecular formula is C17H19NO. The predicted molar refractivity (Wildman–Crippen MR) is 79.7 cm³/mol. The van der Waals surface area contributed by atoms with Crippen molar-refractivity contribution in [1.82, 2.24) is 4.98 Å². The van der Waals surface area contributed by atoms with E-state index in [1.807, 2.05) is 13.0 Å². The van der Waals surface area contributed by atoms with Gasteiger partial charge in [0.05, 0.1) is 0 Å². The Hall–Kier alpha value is -1.83. The van der Waals surface area contributed by atoms with Crippen LogP contribution >= 0.6 is 0 Å². The minimum atomic E-state index is 0.139. The fourth-order valence-corrected chi connectivity index (χ4v) is 2.70. The molecule has 98 valence electrons. The van der Waals surface area contributed by atoms with E-state index in [0.29, 0.717) is 0 Å². The Kier molecular flexibility index (Phi) is 2.46. The zero-order chi connectivity index (χ0) is 13.8. The van der Waals surface area contributed by atoms with E-state index in [4.69, 9.17) is 4.42 Å². The number of aromatic nitrogens is 1. The molecule has 0 aliphatic carbocycles. The SMILES string of the molecule is Cc1ccc2c(n1)oc1cc(C)c(C(C)(C)C)cc12. The molecule has 0 amide bonds. The molecule has 0 saturated heterocycles. The van der Waals surface area contributed by atoms with Crippen molar-refractivity contribution < 1.29 is 4.42 Å². The molecular weight excluding hydrogens is 234 g/mol. The highest BCUT2D eigenvalue weighted by Crippen LogP contribution is 2.34. The molecule has 0 atom stereocenters. The molecule has 2 nitrogen and oxygen atoms in total. The summed E-state index contributed by atoms with van der Waals surface area (Å²) in [6, 6.07) is 8.53. The molecule has 0 unspecified atom stereocenters. The van der Waals surface area contributed by atoms with Crippen LogP contribution in [0.5, 0.6) is 0 Å². The van der Waals surface area contributed by atoms with Gasteiger partial charge in [0, 0.05) is 16.5 Å². The smallest absolute Gasteiger partial charge is 0.227 e. The average Bonchev–Trinajstić information content (AvgIpc) is 2.62. The van der Waals surface area contributed by atoms with Gasteiger partial charge in [0.2, 0.25) is 5.71 Å². The number of nitrogens with zero attached hydrogens (tertiary/aromatic N) is 1. The molecule has 2 heteroatoms. The van der Waals surface area contributed by atoms with Gasteiger partial charge in [-0.15, -0.1) is 0 Å². The maximum absolute atomic E-state index is 5.87. The lowest BCUT2D eigenvalue weighted by atomic mass is 9.83. The van der Waals surface area contributed by atoms with Crippen LogP contribution in [0.4, 0.5) is 0 Å². The highest BCUT2D eigenvalue weighted by molar-refractivity contribution is 6.04. The summed E-state index contributed by atoms with van der Waals surface area (Å²) < 4.78 is 5.87. The second-order valence-corrected chi connectivity index (χ2v) is 6.32. The van der Waals surface area contributed by atoms with Crippen molar-refractivity contribution in [3.05, 3.63) is 41.1 Å². The minimum absolute atomic E-state index is 0.139. The maximum atomic E-state index is 5.87. The van der Waals surface area contributed by atoms with Gasteiger partial charge in [0.15, 0.2) is 0 Å². The lowest BCUT2D eigenvalue weighted by Crippen LogP contribution is -2.12. The van der Waals surface area contributed by atoms with Crippen LogP contribution in [-0.2, 0) is 5.41 Å². The fraction of sp³-hybridized carbons (Fsp3) is 0.353. The molecule has 0 radical (unpaired) electrons. The van der Waals surface area contributed by atoms with Crippen molar-refractivity contribution in [2.45, 2.75) is 40.0 Å². The summed E-state index contributed by atoms with van der Waals surface area (Å²) in [6.07, 6.45) is 0. The molecule has 1 aromatic carbocycles. The van der Waals surface area contributed by atoms with Gasteiger partial charge in [-0.05, 0) is 54.7 Å². The molecule has 3 aromatic rings. The summed E-state index contributed by atoms with van der Waals surface area (Å²) in [5.74, 6) is 0. The first-order valence-corrected chi connectivity index (χ1v) is 6.67. The summed E-state index contributed by atoms with van der Waals surface area (Å²) >= 11 is 0. The third-order valence-electron chi connectivity index (χ3n) is 3.63. The minimum Gasteiger partial charge on any atom is -0.438 e. The third kappa shape index (κ3) is 1.92. The van der Waals surface area contributed by atoms with Crippen LogP contribution in [0.15, 0.2) is 28.7 Å². The van der Waals surface area contributed by atoms with Gasteiger partial charge in [-0.1, -0.05) is 20.8 Å². The number of fused-ring (bicyclic) bond motifs is 3. The highest BCUT2D eigenvalue weighted by Gasteiger charge is 2.19. The zero-order valence-electron chi connectivity index (χ0n) is 12.2. The van der Waals surface area contributed by atoms with E-state index in [1.54, 1.807) is 0 Å². The Labute approximate surface area is 113 Å². The first-order chi connectivity index (χ1) is 8.86. The van der Waals surface area contributed by atoms with Crippen molar-refractivity contribution in [1.29, 1.82) is 0 Å². The summed E-state index contributed by atoms with van der Waals surface area (Å²) in [7, 11) is 0. The molecule has 3 rings (SSSR count). The lowest BCUT2D eigenvalue weighted by Gasteiger charge is -2.21. The zero-order valence-corrected chi connectivity index (χ0v) is 12.2. The molecule has 0 fully saturated rings. The Balaban J connectivity index is 2.41. The van der Waals surface area contributed by atoms with E-state index in [-0.39, 0.29) is 5.41 Å². The fourth-order valence-electron chi connectivity index (χ4n) is 2.70. The van der Waals surface area contributed by atoms with E-state index in [1.165, 1.54) is 11.1 Å². The Morgan fingerprint density at radius 2 is 1.74 bits per heavy atom. The van der Waals surface area contributed by atoms with Crippen molar-refractivity contribution in [3.63, 3.8) is 0 Å². The standard InChI is InChI=1S/C17H19NO/c1-10-8-15-13(9-14(10)17(3,4)5)12-7-6-11(2)18-16(12)19-15/h6-9H,1-5H3. The van der Waals surface area contributed by atoms with Crippen molar-refractivity contribution in [2.75, 3.05) is 0 Å². The summed E-state index contributed by atoms with van der Waals surface area (Å²) in [4.78, 5) is 4.47. The van der Waals surface area contributed by atoms with E-state index < -0.39 is 0 Å². The average molecular weight is 253 g/mol. The first-order valence-electron chi connectivity index (χ1n) is 6.67. The quantitative estimate of drug-likeness (QED) is 0.569. The molecule has 2 heterocycles. The van der Waals surface area contributed by atoms with E-state index in [9.17, 15) is 0 Å². The number of benzene rings is 1. The Morgan fingerprint density at radius 1 is 1.00 bits per heavy atom. The van der Waals surface area contributed by atoms with Crippen molar-refractivity contribution in [2.24, 2.45) is 0 Å². The number of aryl methyl sites for hydroxylation is 2. The van der Waals surface area contributed by atoms with Gasteiger partial charge >= 0.3 is 0 Å². The van der Waals surface area contributed by atoms with E-state index >= 15 is 0 Å². The monoisotopic (exact) mass is 253 g/mol. The van der Waals surface area contributed by atoms with E-state index in [2.05, 4.69) is 50.9 Å². The molecule has 0 aliphatic heterocycles. The summed E-state index contributed by atoms with van der Waals surface area (Å²) in [6.45, 7) is 10.9. The van der Waals surface area contributed by atoms with Crippen LogP contribution in [0, 0.1) is 13.8 Å². The summed E-state index contributed by atoms with van der Waals surface area (Å²) in [5, 5.41) is 2.27. The first kappa shape index (κ1) is 12.2. The van der Waals surface area contributed by atoms with Crippen LogP contribution in [-0.4, -0.2) is 4.98 Å². The molecule has 2 aromatic heterocycles. The van der Waals surface area contributed by atoms with E-state index in [0.717, 1.165) is 27.8 Å². The number of rotatable bonds is 0. The van der Waals surface area contributed by atoms with Gasteiger partial charge in [-0.25, -0.2) is 4.98 Å². The van der Waals surface area contributed by atoms with Gasteiger partial charge in [-0.2, -0.15) is 0 Å². The number of hydrogen-bond acceptors (Lipinski definition) is 2. The molecule has 0 aliphatic rings. The van der Waals surface area contributed by atoms with Crippen molar-refractivity contribution >= 4 is 22.1 Å². The maximum Gasteiger partial charge on any atom is 0.227 e. The second-order valence-electron chi connectivity index (χ2n) is 6.32. The van der Waals surface area contributed by atoms with Crippen molar-refractivity contribution in [3.8, 4) is 0 Å². The van der Waals surface area contributed by atoms with Crippen LogP contribution in [0.2, 0.25) is 0 Å². The highest BCUT2D eigenvalue weighted by atomic mass is 16.3. The van der Waals surface area contributed by atoms with Gasteiger partial charge in [-0.3, -0.25) is 0 Å². The number of furan rings is 1. The number of pyridine rings is 1. The topological polar surface area (TPSA) is 26.0 Å². The molecule has 0 spiro atoms. The van der Waals surface area contributed by atoms with Gasteiger partial charge in [0.1, 0.15) is 5.58 Å².